The zero-order valence-electron chi connectivity index (χ0n) is 9.78. The molecule has 0 bridgehead atoms. The molecule has 1 saturated heterocycles. The number of likely N-dealkylation sites (N-methyl/N-ethyl adjacent to an activating group) is 1. The Balaban J connectivity index is 1.60. The second kappa shape index (κ2) is 5.25. The van der Waals surface area contributed by atoms with Gasteiger partial charge in [-0.1, -0.05) is 0 Å². The first-order chi connectivity index (χ1) is 7.25. The molecule has 0 aromatic rings. The first kappa shape index (κ1) is 11.3. The van der Waals surface area contributed by atoms with Crippen molar-refractivity contribution in [2.75, 3.05) is 46.3 Å². The second-order valence-corrected chi connectivity index (χ2v) is 4.96. The molecule has 0 atom stereocenters. The number of nitrogens with zero attached hydrogens (tertiary/aromatic N) is 2. The maximum atomic E-state index is 5.80. The molecule has 2 fully saturated rings. The van der Waals surface area contributed by atoms with Gasteiger partial charge in [0.1, 0.15) is 0 Å². The van der Waals surface area contributed by atoms with Gasteiger partial charge < -0.3 is 16.0 Å². The molecule has 3 N–H and O–H groups in total. The Bertz CT molecular complexity index is 185. The van der Waals surface area contributed by atoms with Gasteiger partial charge in [-0.3, -0.25) is 4.90 Å². The highest BCUT2D eigenvalue weighted by molar-refractivity contribution is 4.88. The highest BCUT2D eigenvalue weighted by Gasteiger charge is 2.29. The molecule has 1 aliphatic heterocycles. The molecule has 1 saturated carbocycles. The molecular weight excluding hydrogens is 188 g/mol. The Hall–Kier alpha value is -0.160. The number of nitrogens with two attached hydrogens (primary N) is 1. The van der Waals surface area contributed by atoms with E-state index in [1.807, 2.05) is 0 Å². The summed E-state index contributed by atoms with van der Waals surface area (Å²) in [5.74, 6) is 0. The molecule has 1 aliphatic carbocycles. The molecule has 88 valence electrons. The van der Waals surface area contributed by atoms with E-state index in [4.69, 9.17) is 5.73 Å². The number of hydrogen-bond donors (Lipinski definition) is 2. The van der Waals surface area contributed by atoms with Gasteiger partial charge in [0, 0.05) is 51.4 Å². The molecule has 1 heterocycles. The van der Waals surface area contributed by atoms with E-state index in [0.717, 1.165) is 19.1 Å². The van der Waals surface area contributed by atoms with E-state index in [2.05, 4.69) is 22.2 Å². The van der Waals surface area contributed by atoms with Crippen molar-refractivity contribution in [2.24, 2.45) is 5.73 Å². The first-order valence-corrected chi connectivity index (χ1v) is 6.14. The third-order valence-corrected chi connectivity index (χ3v) is 3.75. The van der Waals surface area contributed by atoms with Crippen molar-refractivity contribution in [3.8, 4) is 0 Å². The Labute approximate surface area is 92.8 Å². The van der Waals surface area contributed by atoms with Gasteiger partial charge in [0.15, 0.2) is 0 Å². The monoisotopic (exact) mass is 212 g/mol. The number of nitrogens with one attached hydrogen (secondary N) is 1. The van der Waals surface area contributed by atoms with Crippen LogP contribution in [0.2, 0.25) is 0 Å². The van der Waals surface area contributed by atoms with Gasteiger partial charge in [-0.05, 0) is 19.9 Å². The predicted molar refractivity (Wildman–Crippen MR) is 62.9 cm³/mol. The maximum absolute atomic E-state index is 5.80. The summed E-state index contributed by atoms with van der Waals surface area (Å²) >= 11 is 0. The zero-order chi connectivity index (χ0) is 10.7. The van der Waals surface area contributed by atoms with E-state index in [9.17, 15) is 0 Å². The molecule has 2 aliphatic rings. The lowest BCUT2D eigenvalue weighted by Crippen LogP contribution is -2.52. The van der Waals surface area contributed by atoms with E-state index in [1.54, 1.807) is 0 Å². The van der Waals surface area contributed by atoms with Crippen LogP contribution in [0.25, 0.3) is 0 Å². The minimum atomic E-state index is 0.469. The van der Waals surface area contributed by atoms with Gasteiger partial charge in [-0.25, -0.2) is 0 Å². The molecule has 4 nitrogen and oxygen atoms in total. The largest absolute Gasteiger partial charge is 0.328 e. The minimum Gasteiger partial charge on any atom is -0.328 e. The number of piperazine rings is 1. The van der Waals surface area contributed by atoms with Gasteiger partial charge in [-0.15, -0.1) is 0 Å². The highest BCUT2D eigenvalue weighted by atomic mass is 15.2. The van der Waals surface area contributed by atoms with Crippen LogP contribution in [0, 0.1) is 0 Å². The quantitative estimate of drug-likeness (QED) is 0.648. The summed E-state index contributed by atoms with van der Waals surface area (Å²) in [4.78, 5) is 5.02. The molecule has 0 aromatic heterocycles. The Morgan fingerprint density at radius 1 is 1.33 bits per heavy atom. The Kier molecular flexibility index (Phi) is 3.97. The van der Waals surface area contributed by atoms with Crippen molar-refractivity contribution in [1.29, 1.82) is 0 Å². The van der Waals surface area contributed by atoms with Gasteiger partial charge in [0.25, 0.3) is 0 Å². The van der Waals surface area contributed by atoms with Crippen molar-refractivity contribution in [1.82, 2.24) is 15.1 Å². The van der Waals surface area contributed by atoms with Crippen molar-refractivity contribution in [3.05, 3.63) is 0 Å². The topological polar surface area (TPSA) is 44.5 Å². The van der Waals surface area contributed by atoms with Gasteiger partial charge in [-0.2, -0.15) is 0 Å². The molecule has 0 spiro atoms. The lowest BCUT2D eigenvalue weighted by atomic mass is 9.86. The van der Waals surface area contributed by atoms with Crippen LogP contribution in [0.1, 0.15) is 12.8 Å². The van der Waals surface area contributed by atoms with Crippen molar-refractivity contribution in [2.45, 2.75) is 24.9 Å². The predicted octanol–water partition coefficient (Wildman–Crippen LogP) is -0.687. The van der Waals surface area contributed by atoms with Gasteiger partial charge >= 0.3 is 0 Å². The molecule has 0 aromatic carbocycles. The summed E-state index contributed by atoms with van der Waals surface area (Å²) in [7, 11) is 2.23. The summed E-state index contributed by atoms with van der Waals surface area (Å²) < 4.78 is 0. The van der Waals surface area contributed by atoms with E-state index < -0.39 is 0 Å². The zero-order valence-corrected chi connectivity index (χ0v) is 9.78. The SMILES string of the molecule is CN(CCN1CCNCC1)C1CC(N)C1. The Morgan fingerprint density at radius 2 is 2.00 bits per heavy atom. The highest BCUT2D eigenvalue weighted by Crippen LogP contribution is 2.22. The van der Waals surface area contributed by atoms with Crippen LogP contribution in [0.5, 0.6) is 0 Å². The maximum Gasteiger partial charge on any atom is 0.0122 e. The average Bonchev–Trinajstić information content (AvgIpc) is 2.23. The Morgan fingerprint density at radius 3 is 2.60 bits per heavy atom. The molecule has 0 amide bonds. The van der Waals surface area contributed by atoms with Crippen LogP contribution in [0.15, 0.2) is 0 Å². The summed E-state index contributed by atoms with van der Waals surface area (Å²) in [6.45, 7) is 7.12. The van der Waals surface area contributed by atoms with Crippen LogP contribution in [-0.4, -0.2) is 68.2 Å². The third-order valence-electron chi connectivity index (χ3n) is 3.75. The van der Waals surface area contributed by atoms with Gasteiger partial charge in [0.05, 0.1) is 0 Å². The van der Waals surface area contributed by atoms with Crippen LogP contribution in [-0.2, 0) is 0 Å². The van der Waals surface area contributed by atoms with E-state index >= 15 is 0 Å². The standard InChI is InChI=1S/C11H24N4/c1-14(11-8-10(12)9-11)6-7-15-4-2-13-3-5-15/h10-11,13H,2-9,12H2,1H3. The van der Waals surface area contributed by atoms with Crippen LogP contribution in [0.3, 0.4) is 0 Å². The molecular formula is C11H24N4. The van der Waals surface area contributed by atoms with Crippen molar-refractivity contribution in [3.63, 3.8) is 0 Å². The molecule has 0 radical (unpaired) electrons. The second-order valence-electron chi connectivity index (χ2n) is 4.96. The first-order valence-electron chi connectivity index (χ1n) is 6.14. The van der Waals surface area contributed by atoms with E-state index in [-0.39, 0.29) is 0 Å². The summed E-state index contributed by atoms with van der Waals surface area (Å²) in [6.07, 6.45) is 2.39. The normalized spacial score (nSPS) is 33.0. The molecule has 0 unspecified atom stereocenters. The van der Waals surface area contributed by atoms with Crippen LogP contribution >= 0.6 is 0 Å². The van der Waals surface area contributed by atoms with Gasteiger partial charge in [0.2, 0.25) is 0 Å². The lowest BCUT2D eigenvalue weighted by molar-refractivity contribution is 0.118. The fourth-order valence-corrected chi connectivity index (χ4v) is 2.41. The lowest BCUT2D eigenvalue weighted by Gasteiger charge is -2.40. The van der Waals surface area contributed by atoms with Crippen LogP contribution in [0.4, 0.5) is 0 Å². The smallest absolute Gasteiger partial charge is 0.0122 e. The summed E-state index contributed by atoms with van der Waals surface area (Å²) in [5.41, 5.74) is 5.80. The van der Waals surface area contributed by atoms with E-state index in [1.165, 1.54) is 39.0 Å². The molecule has 4 heteroatoms. The van der Waals surface area contributed by atoms with Crippen molar-refractivity contribution >= 4 is 0 Å². The minimum absolute atomic E-state index is 0.469. The van der Waals surface area contributed by atoms with Crippen molar-refractivity contribution < 1.29 is 0 Å². The molecule has 2 rings (SSSR count). The fraction of sp³-hybridized carbons (Fsp3) is 1.00. The average molecular weight is 212 g/mol. The van der Waals surface area contributed by atoms with Crippen LogP contribution < -0.4 is 11.1 Å². The summed E-state index contributed by atoms with van der Waals surface area (Å²) in [5, 5.41) is 3.38. The van der Waals surface area contributed by atoms with E-state index in [0.29, 0.717) is 6.04 Å². The number of hydrogen-bond acceptors (Lipinski definition) is 4. The third kappa shape index (κ3) is 3.14. The fourth-order valence-electron chi connectivity index (χ4n) is 2.41. The number of rotatable bonds is 4. The molecule has 15 heavy (non-hydrogen) atoms. The summed E-state index contributed by atoms with van der Waals surface area (Å²) in [6, 6.07) is 1.22.